The molecule has 1 saturated carbocycles. The molecule has 0 bridgehead atoms. The summed E-state index contributed by atoms with van der Waals surface area (Å²) in [6.07, 6.45) is 8.14. The summed E-state index contributed by atoms with van der Waals surface area (Å²) >= 11 is 1.64. The van der Waals surface area contributed by atoms with Crippen LogP contribution in [0.15, 0.2) is 12.1 Å². The van der Waals surface area contributed by atoms with E-state index in [4.69, 9.17) is 0 Å². The number of carbonyl (C=O) groups is 1. The van der Waals surface area contributed by atoms with E-state index in [1.165, 1.54) is 43.4 Å². The molecule has 1 atom stereocenters. The Morgan fingerprint density at radius 2 is 2.05 bits per heavy atom. The monoisotopic (exact) mass is 277 g/mol. The largest absolute Gasteiger partial charge is 0.293 e. The summed E-state index contributed by atoms with van der Waals surface area (Å²) in [5.41, 5.74) is 0. The second-order valence-electron chi connectivity index (χ2n) is 6.06. The Hall–Kier alpha value is -0.670. The minimum Gasteiger partial charge on any atom is -0.293 e. The number of aryl methyl sites for hydroxylation is 1. The van der Waals surface area contributed by atoms with Gasteiger partial charge >= 0.3 is 0 Å². The molecule has 2 aliphatic rings. The van der Waals surface area contributed by atoms with E-state index in [0.29, 0.717) is 18.4 Å². The van der Waals surface area contributed by atoms with Crippen molar-refractivity contribution in [2.45, 2.75) is 51.5 Å². The quantitative estimate of drug-likeness (QED) is 0.778. The van der Waals surface area contributed by atoms with Crippen LogP contribution < -0.4 is 0 Å². The fourth-order valence-electron chi connectivity index (χ4n) is 3.77. The maximum atomic E-state index is 12.3. The molecule has 1 aliphatic heterocycles. The van der Waals surface area contributed by atoms with Gasteiger partial charge in [0.1, 0.15) is 0 Å². The molecule has 0 radical (unpaired) electrons. The van der Waals surface area contributed by atoms with Gasteiger partial charge in [-0.3, -0.25) is 9.69 Å². The lowest BCUT2D eigenvalue weighted by molar-refractivity contribution is 0.0900. The summed E-state index contributed by atoms with van der Waals surface area (Å²) in [5.74, 6) is 1.18. The minimum atomic E-state index is 0.322. The van der Waals surface area contributed by atoms with Gasteiger partial charge in [0.25, 0.3) is 0 Å². The molecule has 1 aromatic rings. The first kappa shape index (κ1) is 13.3. The number of hydrogen-bond acceptors (Lipinski definition) is 3. The molecule has 1 saturated heterocycles. The zero-order valence-corrected chi connectivity index (χ0v) is 12.5. The Morgan fingerprint density at radius 1 is 1.26 bits per heavy atom. The zero-order valence-electron chi connectivity index (χ0n) is 11.7. The number of carbonyl (C=O) groups excluding carboxylic acids is 1. The smallest absolute Gasteiger partial charge is 0.186 e. The molecular weight excluding hydrogens is 254 g/mol. The van der Waals surface area contributed by atoms with Gasteiger partial charge in [-0.25, -0.2) is 0 Å². The number of Topliss-reactive ketones (excluding diaryl/α,β-unsaturated/α-hetero) is 1. The molecule has 19 heavy (non-hydrogen) atoms. The number of hydrogen-bond donors (Lipinski definition) is 0. The second-order valence-corrected chi connectivity index (χ2v) is 7.35. The van der Waals surface area contributed by atoms with Crippen molar-refractivity contribution < 1.29 is 4.79 Å². The Labute approximate surface area is 119 Å². The van der Waals surface area contributed by atoms with Gasteiger partial charge < -0.3 is 0 Å². The Morgan fingerprint density at radius 3 is 2.74 bits per heavy atom. The standard InChI is InChI=1S/C16H23NOS/c1-12-8-9-16(19-12)15(18)11-17-10-4-7-14(17)13-5-2-3-6-13/h8-9,13-14H,2-7,10-11H2,1H3. The molecule has 2 heterocycles. The third kappa shape index (κ3) is 2.92. The lowest BCUT2D eigenvalue weighted by Gasteiger charge is -2.28. The highest BCUT2D eigenvalue weighted by Gasteiger charge is 2.34. The van der Waals surface area contributed by atoms with E-state index in [1.807, 2.05) is 6.07 Å². The number of nitrogens with zero attached hydrogens (tertiary/aromatic N) is 1. The fraction of sp³-hybridized carbons (Fsp3) is 0.688. The molecule has 2 nitrogen and oxygen atoms in total. The van der Waals surface area contributed by atoms with E-state index in [0.717, 1.165) is 17.3 Å². The van der Waals surface area contributed by atoms with Gasteiger partial charge in [-0.1, -0.05) is 12.8 Å². The molecule has 104 valence electrons. The van der Waals surface area contributed by atoms with E-state index in [1.54, 1.807) is 11.3 Å². The molecule has 2 fully saturated rings. The lowest BCUT2D eigenvalue weighted by Crippen LogP contribution is -2.38. The first-order valence-corrected chi connectivity index (χ1v) is 8.39. The van der Waals surface area contributed by atoms with Crippen LogP contribution in [-0.4, -0.2) is 29.8 Å². The van der Waals surface area contributed by atoms with Crippen molar-refractivity contribution in [1.29, 1.82) is 0 Å². The minimum absolute atomic E-state index is 0.322. The predicted molar refractivity (Wildman–Crippen MR) is 79.9 cm³/mol. The molecule has 1 aromatic heterocycles. The highest BCUT2D eigenvalue weighted by molar-refractivity contribution is 7.14. The van der Waals surface area contributed by atoms with Crippen molar-refractivity contribution in [2.75, 3.05) is 13.1 Å². The van der Waals surface area contributed by atoms with Gasteiger partial charge in [0.05, 0.1) is 11.4 Å². The predicted octanol–water partition coefficient (Wildman–Crippen LogP) is 3.89. The van der Waals surface area contributed by atoms with E-state index in [2.05, 4.69) is 17.9 Å². The Kier molecular flexibility index (Phi) is 4.04. The molecule has 1 unspecified atom stereocenters. The Bertz CT molecular complexity index is 447. The molecule has 3 rings (SSSR count). The van der Waals surface area contributed by atoms with Crippen molar-refractivity contribution in [3.8, 4) is 0 Å². The van der Waals surface area contributed by atoms with Crippen LogP contribution in [0, 0.1) is 12.8 Å². The fourth-order valence-corrected chi connectivity index (χ4v) is 4.57. The normalized spacial score (nSPS) is 25.2. The topological polar surface area (TPSA) is 20.3 Å². The summed E-state index contributed by atoms with van der Waals surface area (Å²) in [7, 11) is 0. The van der Waals surface area contributed by atoms with Crippen LogP contribution in [0.2, 0.25) is 0 Å². The van der Waals surface area contributed by atoms with Crippen LogP contribution in [0.25, 0.3) is 0 Å². The third-order valence-corrected chi connectivity index (χ3v) is 5.76. The van der Waals surface area contributed by atoms with Crippen molar-refractivity contribution in [3.05, 3.63) is 21.9 Å². The highest BCUT2D eigenvalue weighted by Crippen LogP contribution is 2.35. The zero-order chi connectivity index (χ0) is 13.2. The highest BCUT2D eigenvalue weighted by atomic mass is 32.1. The van der Waals surface area contributed by atoms with Crippen LogP contribution in [0.1, 0.15) is 53.1 Å². The first-order chi connectivity index (χ1) is 9.24. The SMILES string of the molecule is Cc1ccc(C(=O)CN2CCCC2C2CCCC2)s1. The summed E-state index contributed by atoms with van der Waals surface area (Å²) in [5, 5.41) is 0. The van der Waals surface area contributed by atoms with Crippen molar-refractivity contribution in [2.24, 2.45) is 5.92 Å². The molecule has 1 aliphatic carbocycles. The molecule has 0 N–H and O–H groups in total. The number of thiophene rings is 1. The van der Waals surface area contributed by atoms with E-state index in [9.17, 15) is 4.79 Å². The number of likely N-dealkylation sites (tertiary alicyclic amines) is 1. The van der Waals surface area contributed by atoms with Gasteiger partial charge in [-0.05, 0) is 57.2 Å². The van der Waals surface area contributed by atoms with Gasteiger partial charge in [-0.15, -0.1) is 11.3 Å². The molecule has 0 amide bonds. The number of ketones is 1. The molecule has 0 spiro atoms. The summed E-state index contributed by atoms with van der Waals surface area (Å²) in [6, 6.07) is 4.73. The van der Waals surface area contributed by atoms with Crippen LogP contribution in [0.5, 0.6) is 0 Å². The van der Waals surface area contributed by atoms with Gasteiger partial charge in [0.2, 0.25) is 0 Å². The van der Waals surface area contributed by atoms with E-state index >= 15 is 0 Å². The first-order valence-electron chi connectivity index (χ1n) is 7.58. The summed E-state index contributed by atoms with van der Waals surface area (Å²) in [4.78, 5) is 17.0. The maximum Gasteiger partial charge on any atom is 0.186 e. The second kappa shape index (κ2) is 5.76. The lowest BCUT2D eigenvalue weighted by atomic mass is 9.96. The van der Waals surface area contributed by atoms with Crippen molar-refractivity contribution in [1.82, 2.24) is 4.90 Å². The van der Waals surface area contributed by atoms with Crippen LogP contribution in [0.3, 0.4) is 0 Å². The van der Waals surface area contributed by atoms with Gasteiger partial charge in [0, 0.05) is 10.9 Å². The van der Waals surface area contributed by atoms with Crippen LogP contribution in [-0.2, 0) is 0 Å². The molecule has 3 heteroatoms. The molecular formula is C16H23NOS. The third-order valence-electron chi connectivity index (χ3n) is 4.72. The average molecular weight is 277 g/mol. The molecule has 0 aromatic carbocycles. The van der Waals surface area contributed by atoms with Crippen molar-refractivity contribution >= 4 is 17.1 Å². The maximum absolute atomic E-state index is 12.3. The van der Waals surface area contributed by atoms with Gasteiger partial charge in [-0.2, -0.15) is 0 Å². The number of rotatable bonds is 4. The van der Waals surface area contributed by atoms with Crippen LogP contribution >= 0.6 is 11.3 Å². The van der Waals surface area contributed by atoms with Crippen molar-refractivity contribution in [3.63, 3.8) is 0 Å². The summed E-state index contributed by atoms with van der Waals surface area (Å²) in [6.45, 7) is 3.83. The Balaban J connectivity index is 1.63. The van der Waals surface area contributed by atoms with Crippen LogP contribution in [0.4, 0.5) is 0 Å². The van der Waals surface area contributed by atoms with E-state index < -0.39 is 0 Å². The average Bonchev–Trinajstić information content (AvgIpc) is 3.07. The van der Waals surface area contributed by atoms with E-state index in [-0.39, 0.29) is 0 Å². The summed E-state index contributed by atoms with van der Waals surface area (Å²) < 4.78 is 0. The van der Waals surface area contributed by atoms with Gasteiger partial charge in [0.15, 0.2) is 5.78 Å².